The average Bonchev–Trinajstić information content (AvgIpc) is 3.16. The molecule has 1 amide bonds. The summed E-state index contributed by atoms with van der Waals surface area (Å²) in [5.74, 6) is 0.473. The summed E-state index contributed by atoms with van der Waals surface area (Å²) < 4.78 is 16.9. The predicted octanol–water partition coefficient (Wildman–Crippen LogP) is 4.51. The van der Waals surface area contributed by atoms with E-state index in [1.165, 1.54) is 11.1 Å². The first kappa shape index (κ1) is 25.0. The highest BCUT2D eigenvalue weighted by Gasteiger charge is 2.72. The van der Waals surface area contributed by atoms with Gasteiger partial charge in [0.2, 0.25) is 5.91 Å². The van der Waals surface area contributed by atoms with Gasteiger partial charge in [-0.2, -0.15) is 0 Å². The Morgan fingerprint density at radius 3 is 2.11 bits per heavy atom. The zero-order chi connectivity index (χ0) is 26.8. The Labute approximate surface area is 224 Å². The van der Waals surface area contributed by atoms with E-state index in [4.69, 9.17) is 14.2 Å². The molecule has 0 aromatic heterocycles. The van der Waals surface area contributed by atoms with Gasteiger partial charge in [-0.15, -0.1) is 0 Å². The van der Waals surface area contributed by atoms with Crippen molar-refractivity contribution in [2.24, 2.45) is 11.8 Å². The van der Waals surface area contributed by atoms with Gasteiger partial charge in [0.05, 0.1) is 31.7 Å². The third-order valence-electron chi connectivity index (χ3n) is 9.47. The molecule has 3 aromatic rings. The minimum Gasteiger partial charge on any atom is -0.493 e. The first-order valence-electron chi connectivity index (χ1n) is 13.3. The third kappa shape index (κ3) is 3.10. The lowest BCUT2D eigenvalue weighted by Gasteiger charge is -2.58. The van der Waals surface area contributed by atoms with Crippen molar-refractivity contribution in [3.8, 4) is 11.5 Å². The maximum Gasteiger partial charge on any atom is 0.229 e. The predicted molar refractivity (Wildman–Crippen MR) is 145 cm³/mol. The molecule has 198 valence electrons. The van der Waals surface area contributed by atoms with Gasteiger partial charge in [-0.05, 0) is 60.2 Å². The normalized spacial score (nSPS) is 29.5. The van der Waals surface area contributed by atoms with E-state index in [9.17, 15) is 9.90 Å². The zero-order valence-corrected chi connectivity index (χ0v) is 22.6. The number of hydrogen-bond donors (Lipinski definition) is 1. The summed E-state index contributed by atoms with van der Waals surface area (Å²) in [5, 5.41) is 12.2. The lowest BCUT2D eigenvalue weighted by Crippen LogP contribution is -2.60. The van der Waals surface area contributed by atoms with E-state index in [0.29, 0.717) is 24.5 Å². The van der Waals surface area contributed by atoms with Crippen LogP contribution in [0.15, 0.2) is 66.7 Å². The van der Waals surface area contributed by atoms with E-state index in [1.54, 1.807) is 26.2 Å². The number of methoxy groups -OCH3 is 3. The molecule has 3 aliphatic carbocycles. The number of carbonyl (C=O) groups excluding carboxylic acids is 1. The van der Waals surface area contributed by atoms with Crippen LogP contribution in [-0.2, 0) is 21.4 Å². The molecule has 0 unspecified atom stereocenters. The molecular weight excluding hydrogens is 478 g/mol. The van der Waals surface area contributed by atoms with E-state index in [-0.39, 0.29) is 23.8 Å². The van der Waals surface area contributed by atoms with E-state index in [0.717, 1.165) is 16.7 Å². The molecular formula is C32H35NO5. The fraction of sp³-hybridized carbons (Fsp3) is 0.406. The quantitative estimate of drug-likeness (QED) is 0.504. The maximum absolute atomic E-state index is 14.5. The highest BCUT2D eigenvalue weighted by Crippen LogP contribution is 2.68. The molecule has 1 fully saturated rings. The van der Waals surface area contributed by atoms with Crippen molar-refractivity contribution in [1.82, 2.24) is 4.90 Å². The van der Waals surface area contributed by atoms with Gasteiger partial charge in [-0.25, -0.2) is 0 Å². The Balaban J connectivity index is 1.46. The molecule has 6 nitrogen and oxygen atoms in total. The minimum atomic E-state index is -1.33. The molecule has 1 N–H and O–H groups in total. The highest BCUT2D eigenvalue weighted by molar-refractivity contribution is 5.88. The summed E-state index contributed by atoms with van der Waals surface area (Å²) in [4.78, 5) is 16.2. The Bertz CT molecular complexity index is 1350. The second-order valence-corrected chi connectivity index (χ2v) is 10.9. The summed E-state index contributed by atoms with van der Waals surface area (Å²) >= 11 is 0. The molecule has 0 spiro atoms. The van der Waals surface area contributed by atoms with Gasteiger partial charge in [0.25, 0.3) is 0 Å². The van der Waals surface area contributed by atoms with Crippen LogP contribution in [0.4, 0.5) is 0 Å². The van der Waals surface area contributed by atoms with Gasteiger partial charge in [-0.1, -0.05) is 54.6 Å². The van der Waals surface area contributed by atoms with Gasteiger partial charge in [0.1, 0.15) is 5.72 Å². The van der Waals surface area contributed by atoms with Crippen LogP contribution in [-0.4, -0.2) is 55.6 Å². The summed E-state index contributed by atoms with van der Waals surface area (Å²) in [6, 6.07) is 22.6. The van der Waals surface area contributed by atoms with Crippen molar-refractivity contribution in [1.29, 1.82) is 0 Å². The van der Waals surface area contributed by atoms with E-state index in [1.807, 2.05) is 37.3 Å². The molecule has 3 aromatic carbocycles. The molecule has 38 heavy (non-hydrogen) atoms. The molecule has 0 saturated carbocycles. The lowest BCUT2D eigenvalue weighted by atomic mass is 9.45. The smallest absolute Gasteiger partial charge is 0.229 e. The van der Waals surface area contributed by atoms with Crippen LogP contribution in [0.5, 0.6) is 11.5 Å². The van der Waals surface area contributed by atoms with E-state index < -0.39 is 17.1 Å². The number of amides is 1. The van der Waals surface area contributed by atoms with Gasteiger partial charge in [0, 0.05) is 25.5 Å². The van der Waals surface area contributed by atoms with Gasteiger partial charge in [0.15, 0.2) is 11.5 Å². The molecule has 4 atom stereocenters. The first-order valence-corrected chi connectivity index (χ1v) is 13.3. The monoisotopic (exact) mass is 513 g/mol. The molecule has 6 heteroatoms. The van der Waals surface area contributed by atoms with Crippen molar-refractivity contribution in [2.75, 3.05) is 27.9 Å². The number of benzene rings is 3. The van der Waals surface area contributed by atoms with Crippen molar-refractivity contribution < 1.29 is 24.1 Å². The second-order valence-electron chi connectivity index (χ2n) is 10.9. The Kier molecular flexibility index (Phi) is 5.82. The summed E-state index contributed by atoms with van der Waals surface area (Å²) in [7, 11) is 4.94. The number of ether oxygens (including phenoxy) is 3. The van der Waals surface area contributed by atoms with Crippen LogP contribution in [0.2, 0.25) is 0 Å². The average molecular weight is 514 g/mol. The fourth-order valence-corrected chi connectivity index (χ4v) is 7.84. The van der Waals surface area contributed by atoms with Crippen LogP contribution in [0.1, 0.15) is 47.6 Å². The van der Waals surface area contributed by atoms with Crippen molar-refractivity contribution in [3.05, 3.63) is 94.5 Å². The summed E-state index contributed by atoms with van der Waals surface area (Å²) in [6.07, 6.45) is 0.308. The number of nitrogens with zero attached hydrogens (tertiary/aromatic N) is 1. The number of likely N-dealkylation sites (tertiary alicyclic amines) is 1. The van der Waals surface area contributed by atoms with Crippen LogP contribution in [0, 0.1) is 11.8 Å². The van der Waals surface area contributed by atoms with Gasteiger partial charge in [-0.3, -0.25) is 4.79 Å². The fourth-order valence-electron chi connectivity index (χ4n) is 7.84. The second kappa shape index (κ2) is 8.85. The number of hydrogen-bond acceptors (Lipinski definition) is 5. The molecule has 7 rings (SSSR count). The van der Waals surface area contributed by atoms with Crippen LogP contribution in [0.25, 0.3) is 0 Å². The molecule has 1 aliphatic heterocycles. The van der Waals surface area contributed by atoms with Crippen LogP contribution in [0.3, 0.4) is 0 Å². The highest BCUT2D eigenvalue weighted by atomic mass is 16.5. The van der Waals surface area contributed by atoms with Crippen LogP contribution < -0.4 is 9.47 Å². The molecule has 1 saturated heterocycles. The topological polar surface area (TPSA) is 68.2 Å². The largest absolute Gasteiger partial charge is 0.493 e. The number of carbonyl (C=O) groups is 1. The summed E-state index contributed by atoms with van der Waals surface area (Å²) in [5.41, 5.74) is 3.65. The van der Waals surface area contributed by atoms with Crippen molar-refractivity contribution in [3.63, 3.8) is 0 Å². The minimum absolute atomic E-state index is 0.0154. The Morgan fingerprint density at radius 2 is 1.53 bits per heavy atom. The van der Waals surface area contributed by atoms with Gasteiger partial charge < -0.3 is 24.2 Å². The molecule has 4 aliphatic rings. The molecule has 0 radical (unpaired) electrons. The molecule has 1 heterocycles. The maximum atomic E-state index is 14.5. The van der Waals surface area contributed by atoms with Crippen molar-refractivity contribution in [2.45, 2.75) is 43.4 Å². The Morgan fingerprint density at radius 1 is 0.921 bits per heavy atom. The van der Waals surface area contributed by atoms with Crippen LogP contribution >= 0.6 is 0 Å². The standard InChI is InChI=1S/C32H35NO5/c1-19(36-3)32-23-12-8-6-10-21(23)27(22-11-7-9-13-24(22)32)28-29(32)30(34)33(31(28,2)35)17-16-20-14-15-25(37-4)26(18-20)38-5/h6-15,18-19,27-29,35H,16-17H2,1-5H3/t19-,27?,28-,29+,31-,32?/m0/s1. The number of aliphatic hydroxyl groups is 1. The van der Waals surface area contributed by atoms with E-state index in [2.05, 4.69) is 43.3 Å². The third-order valence-corrected chi connectivity index (χ3v) is 9.47. The van der Waals surface area contributed by atoms with Crippen molar-refractivity contribution >= 4 is 5.91 Å². The lowest BCUT2D eigenvalue weighted by molar-refractivity contribution is -0.146. The first-order chi connectivity index (χ1) is 18.3. The SMILES string of the molecule is COc1ccc(CCN2C(=O)[C@H]3[C@H](C4c5ccccc5C3([C@H](C)OC)c3ccccc34)[C@]2(C)O)cc1OC. The van der Waals surface area contributed by atoms with Gasteiger partial charge >= 0.3 is 0 Å². The molecule has 2 bridgehead atoms. The number of rotatable bonds is 7. The Hall–Kier alpha value is -3.35. The zero-order valence-electron chi connectivity index (χ0n) is 22.6. The summed E-state index contributed by atoms with van der Waals surface area (Å²) in [6.45, 7) is 4.27. The van der Waals surface area contributed by atoms with E-state index >= 15 is 0 Å².